The molecular formula is C16H27Cl2N3O2. The molecule has 2 N–H and O–H groups in total. The molecule has 23 heavy (non-hydrogen) atoms. The molecule has 132 valence electrons. The van der Waals surface area contributed by atoms with E-state index in [4.69, 9.17) is 4.74 Å². The minimum atomic E-state index is 0. The first-order valence-electron chi connectivity index (χ1n) is 7.57. The Morgan fingerprint density at radius 2 is 2.00 bits per heavy atom. The van der Waals surface area contributed by atoms with Gasteiger partial charge in [-0.05, 0) is 31.7 Å². The van der Waals surface area contributed by atoms with E-state index in [1.807, 2.05) is 19.2 Å². The summed E-state index contributed by atoms with van der Waals surface area (Å²) in [5, 5.41) is 5.93. The lowest BCUT2D eigenvalue weighted by Gasteiger charge is -2.32. The zero-order valence-electron chi connectivity index (χ0n) is 13.7. The molecule has 1 aliphatic heterocycles. The monoisotopic (exact) mass is 363 g/mol. The molecule has 1 aromatic rings. The first-order valence-corrected chi connectivity index (χ1v) is 7.57. The number of nitrogens with one attached hydrogen (secondary N) is 2. The van der Waals surface area contributed by atoms with Crippen LogP contribution in [0.2, 0.25) is 0 Å². The number of rotatable bonds is 6. The zero-order chi connectivity index (χ0) is 15.1. The first-order chi connectivity index (χ1) is 10.2. The van der Waals surface area contributed by atoms with E-state index < -0.39 is 0 Å². The van der Waals surface area contributed by atoms with Crippen molar-refractivity contribution in [2.45, 2.75) is 19.4 Å². The smallest absolute Gasteiger partial charge is 0.225 e. The third-order valence-corrected chi connectivity index (χ3v) is 3.85. The number of anilines is 1. The molecule has 0 aromatic heterocycles. The maximum atomic E-state index is 11.8. The average Bonchev–Trinajstić information content (AvgIpc) is 2.53. The number of benzene rings is 1. The molecule has 1 unspecified atom stereocenters. The number of carbonyl (C=O) groups excluding carboxylic acids is 1. The lowest BCUT2D eigenvalue weighted by atomic mass is 10.1. The van der Waals surface area contributed by atoms with Gasteiger partial charge in [-0.2, -0.15) is 0 Å². The van der Waals surface area contributed by atoms with Crippen LogP contribution in [0.4, 0.5) is 5.69 Å². The van der Waals surface area contributed by atoms with Gasteiger partial charge in [-0.15, -0.1) is 24.8 Å². The maximum absolute atomic E-state index is 11.8. The highest BCUT2D eigenvalue weighted by atomic mass is 35.5. The van der Waals surface area contributed by atoms with Crippen LogP contribution in [0.15, 0.2) is 24.3 Å². The fourth-order valence-electron chi connectivity index (χ4n) is 2.51. The molecule has 5 nitrogen and oxygen atoms in total. The number of carbonyl (C=O) groups is 1. The second kappa shape index (κ2) is 11.6. The van der Waals surface area contributed by atoms with Crippen molar-refractivity contribution in [1.29, 1.82) is 0 Å². The number of hydrogen-bond donors (Lipinski definition) is 2. The van der Waals surface area contributed by atoms with E-state index in [9.17, 15) is 4.79 Å². The highest BCUT2D eigenvalue weighted by Crippen LogP contribution is 2.23. The molecule has 2 rings (SSSR count). The van der Waals surface area contributed by atoms with Gasteiger partial charge < -0.3 is 15.4 Å². The van der Waals surface area contributed by atoms with Gasteiger partial charge in [0, 0.05) is 37.8 Å². The summed E-state index contributed by atoms with van der Waals surface area (Å²) in [6.45, 7) is 6.40. The van der Waals surface area contributed by atoms with Crippen LogP contribution < -0.4 is 10.6 Å². The second-order valence-corrected chi connectivity index (χ2v) is 5.35. The first kappa shape index (κ1) is 22.1. The number of nitrogens with zero attached hydrogens (tertiary/aromatic N) is 1. The highest BCUT2D eigenvalue weighted by molar-refractivity contribution is 5.90. The largest absolute Gasteiger partial charge is 0.379 e. The van der Waals surface area contributed by atoms with Crippen LogP contribution in [0.1, 0.15) is 24.9 Å². The van der Waals surface area contributed by atoms with E-state index in [0.717, 1.165) is 32.0 Å². The van der Waals surface area contributed by atoms with Crippen molar-refractivity contribution >= 4 is 36.4 Å². The fraction of sp³-hybridized carbons (Fsp3) is 0.562. The van der Waals surface area contributed by atoms with Gasteiger partial charge in [0.25, 0.3) is 0 Å². The fourth-order valence-corrected chi connectivity index (χ4v) is 2.51. The maximum Gasteiger partial charge on any atom is 0.225 e. The molecule has 0 spiro atoms. The molecule has 1 heterocycles. The average molecular weight is 364 g/mol. The number of morpholine rings is 1. The Morgan fingerprint density at radius 3 is 2.65 bits per heavy atom. The van der Waals surface area contributed by atoms with Gasteiger partial charge in [0.05, 0.1) is 13.2 Å². The van der Waals surface area contributed by atoms with Gasteiger partial charge in [0.2, 0.25) is 5.91 Å². The summed E-state index contributed by atoms with van der Waals surface area (Å²) in [5.74, 6) is 0.0422. The predicted octanol–water partition coefficient (Wildman–Crippen LogP) is 2.47. The lowest BCUT2D eigenvalue weighted by Crippen LogP contribution is -2.38. The van der Waals surface area contributed by atoms with Crippen molar-refractivity contribution in [3.8, 4) is 0 Å². The van der Waals surface area contributed by atoms with Crippen molar-refractivity contribution in [1.82, 2.24) is 10.2 Å². The molecule has 0 aliphatic carbocycles. The van der Waals surface area contributed by atoms with E-state index >= 15 is 0 Å². The number of amides is 1. The molecule has 1 amide bonds. The molecule has 1 aromatic carbocycles. The Bertz CT molecular complexity index is 468. The van der Waals surface area contributed by atoms with Crippen molar-refractivity contribution in [3.05, 3.63) is 29.8 Å². The minimum absolute atomic E-state index is 0. The van der Waals surface area contributed by atoms with E-state index in [-0.39, 0.29) is 30.7 Å². The minimum Gasteiger partial charge on any atom is -0.379 e. The van der Waals surface area contributed by atoms with Crippen molar-refractivity contribution in [2.24, 2.45) is 0 Å². The number of ether oxygens (including phenoxy) is 1. The van der Waals surface area contributed by atoms with Gasteiger partial charge in [-0.3, -0.25) is 9.69 Å². The zero-order valence-corrected chi connectivity index (χ0v) is 15.3. The normalized spacial score (nSPS) is 15.9. The number of hydrogen-bond acceptors (Lipinski definition) is 4. The van der Waals surface area contributed by atoms with Crippen LogP contribution in [0, 0.1) is 0 Å². The summed E-state index contributed by atoms with van der Waals surface area (Å²) < 4.78 is 5.40. The third kappa shape index (κ3) is 7.06. The van der Waals surface area contributed by atoms with Crippen LogP contribution in [0.3, 0.4) is 0 Å². The van der Waals surface area contributed by atoms with Gasteiger partial charge in [-0.1, -0.05) is 12.1 Å². The van der Waals surface area contributed by atoms with Gasteiger partial charge in [0.1, 0.15) is 0 Å². The Labute approximate surface area is 151 Å². The molecule has 0 saturated carbocycles. The molecule has 0 radical (unpaired) electrons. The van der Waals surface area contributed by atoms with Gasteiger partial charge in [0.15, 0.2) is 0 Å². The van der Waals surface area contributed by atoms with Crippen LogP contribution in [-0.4, -0.2) is 50.7 Å². The van der Waals surface area contributed by atoms with Crippen LogP contribution in [-0.2, 0) is 9.53 Å². The molecule has 7 heteroatoms. The summed E-state index contributed by atoms with van der Waals surface area (Å²) in [6, 6.07) is 8.45. The number of halogens is 2. The SMILES string of the molecule is CNCCC(=O)Nc1cccc(C(C)N2CCOCC2)c1.Cl.Cl. The van der Waals surface area contributed by atoms with Crippen LogP contribution in [0.5, 0.6) is 0 Å². The van der Waals surface area contributed by atoms with Crippen molar-refractivity contribution in [2.75, 3.05) is 45.2 Å². The topological polar surface area (TPSA) is 53.6 Å². The lowest BCUT2D eigenvalue weighted by molar-refractivity contribution is -0.116. The molecule has 1 saturated heterocycles. The Kier molecular flexibility index (Phi) is 11.2. The molecule has 1 atom stereocenters. The van der Waals surface area contributed by atoms with Crippen LogP contribution >= 0.6 is 24.8 Å². The Hall–Kier alpha value is -0.850. The van der Waals surface area contributed by atoms with E-state index in [0.29, 0.717) is 19.0 Å². The Morgan fingerprint density at radius 1 is 1.30 bits per heavy atom. The molecule has 1 aliphatic rings. The van der Waals surface area contributed by atoms with E-state index in [1.165, 1.54) is 5.56 Å². The summed E-state index contributed by atoms with van der Waals surface area (Å²) in [7, 11) is 1.85. The molecule has 0 bridgehead atoms. The molecular weight excluding hydrogens is 337 g/mol. The van der Waals surface area contributed by atoms with Crippen molar-refractivity contribution in [3.63, 3.8) is 0 Å². The van der Waals surface area contributed by atoms with Gasteiger partial charge >= 0.3 is 0 Å². The van der Waals surface area contributed by atoms with Crippen LogP contribution in [0.25, 0.3) is 0 Å². The molecule has 1 fully saturated rings. The Balaban J connectivity index is 0.00000242. The quantitative estimate of drug-likeness (QED) is 0.814. The van der Waals surface area contributed by atoms with E-state index in [1.54, 1.807) is 0 Å². The second-order valence-electron chi connectivity index (χ2n) is 5.35. The summed E-state index contributed by atoms with van der Waals surface area (Å²) in [5.41, 5.74) is 2.09. The standard InChI is InChI=1S/C16H25N3O2.2ClH/c1-13(19-8-10-21-11-9-19)14-4-3-5-15(12-14)18-16(20)6-7-17-2;;/h3-5,12-13,17H,6-11H2,1-2H3,(H,18,20);2*1H. The van der Waals surface area contributed by atoms with E-state index in [2.05, 4.69) is 34.6 Å². The summed E-state index contributed by atoms with van der Waals surface area (Å²) in [6.07, 6.45) is 0.486. The highest BCUT2D eigenvalue weighted by Gasteiger charge is 2.18. The van der Waals surface area contributed by atoms with Gasteiger partial charge in [-0.25, -0.2) is 0 Å². The predicted molar refractivity (Wildman–Crippen MR) is 98.9 cm³/mol. The third-order valence-electron chi connectivity index (χ3n) is 3.85. The summed E-state index contributed by atoms with van der Waals surface area (Å²) >= 11 is 0. The summed E-state index contributed by atoms with van der Waals surface area (Å²) in [4.78, 5) is 14.2. The van der Waals surface area contributed by atoms with Crippen molar-refractivity contribution < 1.29 is 9.53 Å².